The first-order valence-corrected chi connectivity index (χ1v) is 6.95. The second kappa shape index (κ2) is 6.94. The van der Waals surface area contributed by atoms with Crippen LogP contribution in [-0.4, -0.2) is 35.6 Å². The molecule has 1 rings (SSSR count). The monoisotopic (exact) mass is 257 g/mol. The molecule has 0 amide bonds. The number of hydrogen-bond acceptors (Lipinski definition) is 3. The maximum atomic E-state index is 11.8. The molecule has 0 aliphatic heterocycles. The number of carbonyl (C=O) groups is 1. The summed E-state index contributed by atoms with van der Waals surface area (Å²) in [6.07, 6.45) is 2.85. The molecule has 17 heavy (non-hydrogen) atoms. The summed E-state index contributed by atoms with van der Waals surface area (Å²) >= 11 is 5.21. The van der Waals surface area contributed by atoms with Crippen molar-refractivity contribution in [2.24, 2.45) is 11.8 Å². The number of carbonyl (C=O) groups excluding carboxylic acids is 1. The molecular formula is C13H23NO2S. The van der Waals surface area contributed by atoms with E-state index in [1.807, 2.05) is 18.7 Å². The Morgan fingerprint density at radius 1 is 1.47 bits per heavy atom. The van der Waals surface area contributed by atoms with Gasteiger partial charge in [-0.1, -0.05) is 6.92 Å². The van der Waals surface area contributed by atoms with Crippen molar-refractivity contribution in [3.8, 4) is 0 Å². The molecule has 0 aromatic rings. The van der Waals surface area contributed by atoms with Crippen molar-refractivity contribution in [3.05, 3.63) is 0 Å². The first-order chi connectivity index (χ1) is 8.10. The summed E-state index contributed by atoms with van der Waals surface area (Å²) in [6.45, 7) is 8.38. The molecule has 2 unspecified atom stereocenters. The van der Waals surface area contributed by atoms with E-state index in [-0.39, 0.29) is 5.92 Å². The van der Waals surface area contributed by atoms with Gasteiger partial charge in [0.2, 0.25) is 0 Å². The summed E-state index contributed by atoms with van der Waals surface area (Å²) in [5.41, 5.74) is 0. The van der Waals surface area contributed by atoms with E-state index in [9.17, 15) is 4.79 Å². The minimum absolute atomic E-state index is 0.0391. The zero-order valence-corrected chi connectivity index (χ0v) is 11.9. The Morgan fingerprint density at radius 2 is 2.12 bits per heavy atom. The van der Waals surface area contributed by atoms with E-state index in [4.69, 9.17) is 17.0 Å². The van der Waals surface area contributed by atoms with Crippen molar-refractivity contribution >= 4 is 23.2 Å². The second-order valence-corrected chi connectivity index (χ2v) is 5.04. The van der Waals surface area contributed by atoms with Gasteiger partial charge in [0.05, 0.1) is 5.92 Å². The summed E-state index contributed by atoms with van der Waals surface area (Å²) in [4.78, 5) is 13.8. The van der Waals surface area contributed by atoms with Gasteiger partial charge in [-0.15, -0.1) is 0 Å². The molecule has 1 saturated carbocycles. The Kier molecular flexibility index (Phi) is 5.89. The van der Waals surface area contributed by atoms with Crippen LogP contribution in [0.25, 0.3) is 0 Å². The topological polar surface area (TPSA) is 29.5 Å². The first kappa shape index (κ1) is 14.4. The van der Waals surface area contributed by atoms with E-state index >= 15 is 0 Å². The van der Waals surface area contributed by atoms with Crippen LogP contribution in [0.15, 0.2) is 0 Å². The van der Waals surface area contributed by atoms with Gasteiger partial charge in [-0.25, -0.2) is 0 Å². The molecule has 0 N–H and O–H groups in total. The van der Waals surface area contributed by atoms with Crippen LogP contribution in [0.1, 0.15) is 40.0 Å². The van der Waals surface area contributed by atoms with E-state index in [2.05, 4.69) is 6.92 Å². The van der Waals surface area contributed by atoms with Gasteiger partial charge in [-0.3, -0.25) is 4.79 Å². The summed E-state index contributed by atoms with van der Waals surface area (Å²) in [7, 11) is 0. The molecule has 2 atom stereocenters. The van der Waals surface area contributed by atoms with Crippen LogP contribution in [0, 0.1) is 11.8 Å². The van der Waals surface area contributed by atoms with Gasteiger partial charge in [-0.05, 0) is 44.8 Å². The third-order valence-electron chi connectivity index (χ3n) is 3.59. The van der Waals surface area contributed by atoms with E-state index < -0.39 is 0 Å². The minimum Gasteiger partial charge on any atom is -0.470 e. The van der Waals surface area contributed by atoms with Crippen molar-refractivity contribution in [3.63, 3.8) is 0 Å². The lowest BCUT2D eigenvalue weighted by Crippen LogP contribution is -2.36. The maximum absolute atomic E-state index is 11.8. The molecule has 4 heteroatoms. The number of Topliss-reactive ketones (excluding diaryl/α,β-unsaturated/α-hetero) is 1. The molecule has 3 nitrogen and oxygen atoms in total. The summed E-state index contributed by atoms with van der Waals surface area (Å²) in [5, 5.41) is 0.528. The fourth-order valence-electron chi connectivity index (χ4n) is 2.29. The van der Waals surface area contributed by atoms with Gasteiger partial charge >= 0.3 is 0 Å². The smallest absolute Gasteiger partial charge is 0.259 e. The molecule has 0 heterocycles. The molecule has 0 spiro atoms. The van der Waals surface area contributed by atoms with Gasteiger partial charge in [0, 0.05) is 19.5 Å². The molecular weight excluding hydrogens is 234 g/mol. The van der Waals surface area contributed by atoms with Gasteiger partial charge in [0.25, 0.3) is 5.17 Å². The van der Waals surface area contributed by atoms with Crippen LogP contribution in [-0.2, 0) is 9.53 Å². The van der Waals surface area contributed by atoms with Crippen molar-refractivity contribution < 1.29 is 9.53 Å². The predicted molar refractivity (Wildman–Crippen MR) is 73.0 cm³/mol. The normalized spacial score (nSPS) is 24.5. The Hall–Kier alpha value is -0.640. The van der Waals surface area contributed by atoms with Crippen LogP contribution in [0.4, 0.5) is 0 Å². The molecule has 0 saturated heterocycles. The van der Waals surface area contributed by atoms with Gasteiger partial charge < -0.3 is 9.64 Å². The second-order valence-electron chi connectivity index (χ2n) is 4.69. The predicted octanol–water partition coefficient (Wildman–Crippen LogP) is 2.64. The van der Waals surface area contributed by atoms with Gasteiger partial charge in [0.15, 0.2) is 0 Å². The van der Waals surface area contributed by atoms with Crippen LogP contribution in [0.5, 0.6) is 0 Å². The van der Waals surface area contributed by atoms with Crippen molar-refractivity contribution in [1.82, 2.24) is 4.90 Å². The van der Waals surface area contributed by atoms with Crippen LogP contribution < -0.4 is 0 Å². The van der Waals surface area contributed by atoms with E-state index in [0.717, 1.165) is 25.9 Å². The van der Waals surface area contributed by atoms with Crippen molar-refractivity contribution in [1.29, 1.82) is 0 Å². The van der Waals surface area contributed by atoms with Crippen LogP contribution >= 0.6 is 12.2 Å². The average Bonchev–Trinajstić information content (AvgIpc) is 2.30. The van der Waals surface area contributed by atoms with E-state index in [0.29, 0.717) is 29.9 Å². The maximum Gasteiger partial charge on any atom is 0.259 e. The molecule has 0 radical (unpaired) electrons. The standard InChI is InChI=1S/C13H23NO2S/c1-4-14(5-2)13(17)16-9-11-10(3)7-6-8-12(11)15/h10-11H,4-9H2,1-3H3. The summed E-state index contributed by atoms with van der Waals surface area (Å²) < 4.78 is 5.60. The largest absolute Gasteiger partial charge is 0.470 e. The summed E-state index contributed by atoms with van der Waals surface area (Å²) in [5.74, 6) is 0.805. The Bertz CT molecular complexity index is 277. The molecule has 1 aliphatic carbocycles. The fourth-order valence-corrected chi connectivity index (χ4v) is 2.62. The fraction of sp³-hybridized carbons (Fsp3) is 0.846. The highest BCUT2D eigenvalue weighted by molar-refractivity contribution is 7.80. The molecule has 1 fully saturated rings. The minimum atomic E-state index is 0.0391. The zero-order chi connectivity index (χ0) is 12.8. The molecule has 98 valence electrons. The number of ketones is 1. The first-order valence-electron chi connectivity index (χ1n) is 6.54. The van der Waals surface area contributed by atoms with Gasteiger partial charge in [-0.2, -0.15) is 0 Å². The Labute approximate surface area is 110 Å². The molecule has 0 bridgehead atoms. The quantitative estimate of drug-likeness (QED) is 0.724. The van der Waals surface area contributed by atoms with E-state index in [1.54, 1.807) is 0 Å². The highest BCUT2D eigenvalue weighted by Gasteiger charge is 2.29. The lowest BCUT2D eigenvalue weighted by molar-refractivity contribution is -0.127. The van der Waals surface area contributed by atoms with Crippen molar-refractivity contribution in [2.75, 3.05) is 19.7 Å². The number of hydrogen-bond donors (Lipinski definition) is 0. The zero-order valence-electron chi connectivity index (χ0n) is 11.1. The lowest BCUT2D eigenvalue weighted by Gasteiger charge is -2.29. The number of rotatable bonds is 4. The van der Waals surface area contributed by atoms with Crippen LogP contribution in [0.2, 0.25) is 0 Å². The lowest BCUT2D eigenvalue weighted by atomic mass is 9.80. The van der Waals surface area contributed by atoms with E-state index in [1.165, 1.54) is 0 Å². The SMILES string of the molecule is CCN(CC)C(=S)OCC1C(=O)CCCC1C. The number of ether oxygens (including phenoxy) is 1. The van der Waals surface area contributed by atoms with Crippen molar-refractivity contribution in [2.45, 2.75) is 40.0 Å². The molecule has 0 aromatic heterocycles. The average molecular weight is 257 g/mol. The van der Waals surface area contributed by atoms with Crippen LogP contribution in [0.3, 0.4) is 0 Å². The summed E-state index contributed by atoms with van der Waals surface area (Å²) in [6, 6.07) is 0. The highest BCUT2D eigenvalue weighted by Crippen LogP contribution is 2.27. The Morgan fingerprint density at radius 3 is 2.65 bits per heavy atom. The van der Waals surface area contributed by atoms with Gasteiger partial charge in [0.1, 0.15) is 12.4 Å². The molecule has 1 aliphatic rings. The third-order valence-corrected chi connectivity index (χ3v) is 3.97. The number of nitrogens with zero attached hydrogens (tertiary/aromatic N) is 1. The molecule has 0 aromatic carbocycles. The number of thiocarbonyl (C=S) groups is 1. The Balaban J connectivity index is 2.43. The highest BCUT2D eigenvalue weighted by atomic mass is 32.1. The third kappa shape index (κ3) is 3.95.